The van der Waals surface area contributed by atoms with Gasteiger partial charge in [0.1, 0.15) is 30.5 Å². The Morgan fingerprint density at radius 1 is 0.519 bits per heavy atom. The molecule has 10 bridgehead atoms. The first kappa shape index (κ1) is 55.2. The van der Waals surface area contributed by atoms with Crippen LogP contribution in [-0.2, 0) is 71.1 Å². The molecule has 0 aromatic heterocycles. The molecule has 17 heterocycles. The minimum Gasteiger partial charge on any atom is -0.459 e. The van der Waals surface area contributed by atoms with Crippen LogP contribution in [0.5, 0.6) is 0 Å². The number of ether oxygens (including phenoxy) is 14. The lowest BCUT2D eigenvalue weighted by molar-refractivity contribution is -0.370. The summed E-state index contributed by atoms with van der Waals surface area (Å²) in [7, 11) is 0. The molecule has 0 amide bonds. The zero-order valence-corrected chi connectivity index (χ0v) is 46.6. The van der Waals surface area contributed by atoms with E-state index in [2.05, 4.69) is 40.9 Å². The minimum absolute atomic E-state index is 0.0260. The third kappa shape index (κ3) is 10.1. The topological polar surface area (TPSA) is 227 Å². The summed E-state index contributed by atoms with van der Waals surface area (Å²) >= 11 is 0. The van der Waals surface area contributed by atoms with Gasteiger partial charge in [0, 0.05) is 63.2 Å². The van der Waals surface area contributed by atoms with Gasteiger partial charge in [-0.25, -0.2) is 0 Å². The van der Waals surface area contributed by atoms with Gasteiger partial charge < -0.3 is 86.7 Å². The summed E-state index contributed by atoms with van der Waals surface area (Å²) < 4.78 is 94.7. The number of esters is 1. The van der Waals surface area contributed by atoms with Crippen molar-refractivity contribution in [2.45, 2.75) is 301 Å². The summed E-state index contributed by atoms with van der Waals surface area (Å²) in [6.45, 7) is 17.7. The lowest BCUT2D eigenvalue weighted by Crippen LogP contribution is -2.65. The molecule has 19 nitrogen and oxygen atoms in total. The largest absolute Gasteiger partial charge is 0.459 e. The van der Waals surface area contributed by atoms with Gasteiger partial charge in [-0.1, -0.05) is 40.9 Å². The highest BCUT2D eigenvalue weighted by atomic mass is 16.8. The van der Waals surface area contributed by atoms with Crippen LogP contribution in [0.15, 0.2) is 24.3 Å². The zero-order chi connectivity index (χ0) is 54.4. The van der Waals surface area contributed by atoms with E-state index >= 15 is 0 Å². The number of fused-ring (bicyclic) bond motifs is 6. The standard InChI is InChI=1S/C60H88O19/c1-26-13-33-9-11-38-27(2)14-32(67-38)7-8-34-15-43(69-34)58-51(65)50(64)57-39(72-58)12-10-35(70-57)16-49(63)74-55-31(6)54-45(71-44(55)17-40(68-33)30(26)5)18-41-47(73-54)22-60(76-41)23-48-53(79-60)29(4)21-59(78-48)20-28(3)52-46(77-59)19-42-56(75-52)36(25-66-42)37(62)24-61/h26,28-29,31-48,50-58,61-62,64-65H,2,5,7-25H2,1,3-4,6H3/t26-,28+,29+,31+,32+,33+,34-,35-,36-,37+,38+,39+,40-,41-,42-,43?,44+,45+,46+,47-,48+,50-,51+,52+,53+,54+,55-,56-,57+,58+,59-,60+/m1/s1. The fraction of sp³-hybridized carbons (Fsp3) is 0.917. The third-order valence-electron chi connectivity index (χ3n) is 21.7. The van der Waals surface area contributed by atoms with E-state index in [4.69, 9.17) is 66.3 Å². The molecule has 442 valence electrons. The molecular formula is C60H88O19. The van der Waals surface area contributed by atoms with Crippen LogP contribution >= 0.6 is 0 Å². The first-order valence-electron chi connectivity index (χ1n) is 30.8. The first-order valence-corrected chi connectivity index (χ1v) is 30.8. The number of hydrogen-bond donors (Lipinski definition) is 4. The molecule has 17 aliphatic rings. The Kier molecular flexibility index (Phi) is 14.9. The predicted octanol–water partition coefficient (Wildman–Crippen LogP) is 4.42. The number of aliphatic hydroxyl groups is 4. The summed E-state index contributed by atoms with van der Waals surface area (Å²) in [5.74, 6) is -2.31. The number of aliphatic hydroxyl groups excluding tert-OH is 4. The predicted molar refractivity (Wildman–Crippen MR) is 276 cm³/mol. The van der Waals surface area contributed by atoms with E-state index in [1.54, 1.807) is 0 Å². The molecule has 17 fully saturated rings. The van der Waals surface area contributed by atoms with Crippen molar-refractivity contribution in [1.82, 2.24) is 0 Å². The second kappa shape index (κ2) is 21.3. The maximum atomic E-state index is 14.4. The monoisotopic (exact) mass is 1110 g/mol. The molecule has 1 unspecified atom stereocenters. The molecule has 17 aliphatic heterocycles. The highest BCUT2D eigenvalue weighted by Crippen LogP contribution is 2.56. The maximum Gasteiger partial charge on any atom is 0.308 e. The van der Waals surface area contributed by atoms with E-state index in [9.17, 15) is 25.2 Å². The zero-order valence-electron chi connectivity index (χ0n) is 46.6. The Bertz CT molecular complexity index is 2260. The van der Waals surface area contributed by atoms with E-state index in [0.29, 0.717) is 64.4 Å². The molecule has 17 saturated heterocycles. The molecule has 0 radical (unpaired) electrons. The molecule has 32 atom stereocenters. The lowest BCUT2D eigenvalue weighted by Gasteiger charge is -2.54. The average molecular weight is 1110 g/mol. The highest BCUT2D eigenvalue weighted by molar-refractivity contribution is 5.70. The van der Waals surface area contributed by atoms with Crippen molar-refractivity contribution < 1.29 is 91.5 Å². The summed E-state index contributed by atoms with van der Waals surface area (Å²) in [5, 5.41) is 43.1. The van der Waals surface area contributed by atoms with Gasteiger partial charge in [0.15, 0.2) is 11.6 Å². The molecule has 79 heavy (non-hydrogen) atoms. The normalized spacial score (nSPS) is 56.7. The maximum absolute atomic E-state index is 14.4. The Labute approximate surface area is 464 Å². The number of hydrogen-bond acceptors (Lipinski definition) is 19. The van der Waals surface area contributed by atoms with Crippen LogP contribution in [0.1, 0.15) is 137 Å². The Hall–Kier alpha value is -1.73. The second-order valence-electron chi connectivity index (χ2n) is 27.2. The smallest absolute Gasteiger partial charge is 0.308 e. The van der Waals surface area contributed by atoms with Crippen molar-refractivity contribution in [3.63, 3.8) is 0 Å². The van der Waals surface area contributed by atoms with Crippen LogP contribution in [0.25, 0.3) is 0 Å². The third-order valence-corrected chi connectivity index (χ3v) is 21.7. The van der Waals surface area contributed by atoms with E-state index in [1.807, 2.05) is 0 Å². The van der Waals surface area contributed by atoms with Gasteiger partial charge >= 0.3 is 5.97 Å². The van der Waals surface area contributed by atoms with Gasteiger partial charge in [-0.3, -0.25) is 4.79 Å². The van der Waals surface area contributed by atoms with Crippen molar-refractivity contribution in [2.75, 3.05) is 13.2 Å². The quantitative estimate of drug-likeness (QED) is 0.222. The fourth-order valence-corrected chi connectivity index (χ4v) is 17.6. The fourth-order valence-electron chi connectivity index (χ4n) is 17.6. The SMILES string of the molecule is C=C1C[C@@H]2CC[C@@H]3CC(O3)[C@@H]3O[C@H]4CC[C@H](CC(=O)O[C@@H]5[C@@H](C)[C@@H]6O[C@@H]7C[C@]8(C[C@@H]9O[C@]%10(C[C@H](C)[C@@H]%11O[C@@H]%12[C@@H]([C@@H](O)CO)CO[C@@H]%12C[C@@H]%11O%10)C[C@H](C)[C@@H]9O8)O[C@@H]7C[C@@H]6O[C@H]5C[C@H]5O[C@@H](CC[C@@H]1O2)C[C@@H](C)C5=C)O[C@@H]4[C@H](O)[C@@H]3O. The molecule has 0 aromatic rings. The van der Waals surface area contributed by atoms with Gasteiger partial charge in [-0.2, -0.15) is 0 Å². The van der Waals surface area contributed by atoms with E-state index in [-0.39, 0.29) is 134 Å². The molecule has 4 N–H and O–H groups in total. The van der Waals surface area contributed by atoms with Crippen molar-refractivity contribution in [1.29, 1.82) is 0 Å². The summed E-state index contributed by atoms with van der Waals surface area (Å²) in [5.41, 5.74) is 2.12. The van der Waals surface area contributed by atoms with Crippen LogP contribution in [0.2, 0.25) is 0 Å². The molecule has 2 spiro atoms. The lowest BCUT2D eigenvalue weighted by atomic mass is 9.77. The van der Waals surface area contributed by atoms with Crippen LogP contribution < -0.4 is 0 Å². The van der Waals surface area contributed by atoms with Crippen LogP contribution in [-0.4, -0.2) is 204 Å². The Morgan fingerprint density at radius 2 is 1.14 bits per heavy atom. The van der Waals surface area contributed by atoms with Crippen LogP contribution in [0.3, 0.4) is 0 Å². The van der Waals surface area contributed by atoms with Gasteiger partial charge in [-0.15, -0.1) is 0 Å². The van der Waals surface area contributed by atoms with Gasteiger partial charge in [0.05, 0.1) is 142 Å². The first-order chi connectivity index (χ1) is 38.0. The van der Waals surface area contributed by atoms with Gasteiger partial charge in [0.25, 0.3) is 0 Å². The molecule has 17 rings (SSSR count). The highest BCUT2D eigenvalue weighted by Gasteiger charge is 2.66. The van der Waals surface area contributed by atoms with Gasteiger partial charge in [0.2, 0.25) is 0 Å². The summed E-state index contributed by atoms with van der Waals surface area (Å²) in [4.78, 5) is 14.4. The molecule has 0 saturated carbocycles. The van der Waals surface area contributed by atoms with Crippen LogP contribution in [0.4, 0.5) is 0 Å². The van der Waals surface area contributed by atoms with Crippen molar-refractivity contribution >= 4 is 5.97 Å². The Balaban J connectivity index is 0.671. The summed E-state index contributed by atoms with van der Waals surface area (Å²) in [6, 6.07) is 0. The average Bonchev–Trinajstić information content (AvgIpc) is 4.11. The van der Waals surface area contributed by atoms with E-state index < -0.39 is 78.6 Å². The van der Waals surface area contributed by atoms with Gasteiger partial charge in [-0.05, 0) is 80.3 Å². The van der Waals surface area contributed by atoms with Crippen molar-refractivity contribution in [3.05, 3.63) is 24.3 Å². The number of rotatable bonds is 2. The van der Waals surface area contributed by atoms with E-state index in [1.165, 1.54) is 0 Å². The second-order valence-corrected chi connectivity index (χ2v) is 27.2. The van der Waals surface area contributed by atoms with Crippen molar-refractivity contribution in [2.24, 2.45) is 29.6 Å². The van der Waals surface area contributed by atoms with Crippen molar-refractivity contribution in [3.8, 4) is 0 Å². The molecule has 19 heteroatoms. The van der Waals surface area contributed by atoms with Crippen LogP contribution in [0, 0.1) is 29.6 Å². The van der Waals surface area contributed by atoms with E-state index in [0.717, 1.165) is 56.1 Å². The number of carbonyl (C=O) groups excluding carboxylic acids is 1. The molecule has 0 aromatic carbocycles. The summed E-state index contributed by atoms with van der Waals surface area (Å²) in [6.07, 6.45) is 0.316. The molecular weight excluding hydrogens is 1020 g/mol. The minimum atomic E-state index is -1.20. The Morgan fingerprint density at radius 3 is 1.95 bits per heavy atom. The number of carbonyl (C=O) groups is 1. The molecule has 0 aliphatic carbocycles.